The zero-order valence-corrected chi connectivity index (χ0v) is 18.1. The molecular formula is C24H22ClN3O3. The summed E-state index contributed by atoms with van der Waals surface area (Å²) in [6, 6.07) is 11.4. The molecule has 1 aliphatic carbocycles. The fraction of sp³-hybridized carbons (Fsp3) is 0.250. The summed E-state index contributed by atoms with van der Waals surface area (Å²) in [4.78, 5) is 14.7. The largest absolute Gasteiger partial charge is 0.467 e. The van der Waals surface area contributed by atoms with Gasteiger partial charge >= 0.3 is 0 Å². The lowest BCUT2D eigenvalue weighted by Crippen LogP contribution is -2.26. The Morgan fingerprint density at radius 2 is 2.03 bits per heavy atom. The number of aryl methyl sites for hydroxylation is 2. The second-order valence-corrected chi connectivity index (χ2v) is 8.36. The van der Waals surface area contributed by atoms with Gasteiger partial charge in [0, 0.05) is 35.8 Å². The van der Waals surface area contributed by atoms with E-state index in [-0.39, 0.29) is 5.91 Å². The summed E-state index contributed by atoms with van der Waals surface area (Å²) in [5, 5.41) is 5.55. The van der Waals surface area contributed by atoms with Crippen molar-refractivity contribution in [2.24, 2.45) is 0 Å². The minimum atomic E-state index is -0.162. The lowest BCUT2D eigenvalue weighted by Gasteiger charge is -2.14. The average Bonchev–Trinajstić information content (AvgIpc) is 3.48. The van der Waals surface area contributed by atoms with Crippen LogP contribution in [0.5, 0.6) is 0 Å². The van der Waals surface area contributed by atoms with E-state index < -0.39 is 0 Å². The van der Waals surface area contributed by atoms with E-state index in [4.69, 9.17) is 25.5 Å². The zero-order valence-electron chi connectivity index (χ0n) is 17.4. The van der Waals surface area contributed by atoms with Crippen LogP contribution in [0.1, 0.15) is 38.8 Å². The molecular weight excluding hydrogens is 414 g/mol. The molecule has 5 rings (SSSR count). The quantitative estimate of drug-likeness (QED) is 0.436. The van der Waals surface area contributed by atoms with Gasteiger partial charge in [0.15, 0.2) is 5.76 Å². The Morgan fingerprint density at radius 3 is 2.77 bits per heavy atom. The molecule has 158 valence electrons. The van der Waals surface area contributed by atoms with Crippen LogP contribution in [-0.4, -0.2) is 27.6 Å². The highest BCUT2D eigenvalue weighted by Gasteiger charge is 2.31. The maximum absolute atomic E-state index is 13.0. The van der Waals surface area contributed by atoms with Crippen LogP contribution in [0.15, 0.2) is 57.7 Å². The molecule has 0 N–H and O–H groups in total. The molecule has 0 fully saturated rings. The second kappa shape index (κ2) is 7.78. The van der Waals surface area contributed by atoms with Gasteiger partial charge in [0.05, 0.1) is 25.0 Å². The molecule has 1 amide bonds. The molecule has 0 spiro atoms. The third kappa shape index (κ3) is 3.68. The number of carbonyl (C=O) groups excluding carboxylic acids is 1. The molecule has 0 saturated heterocycles. The van der Waals surface area contributed by atoms with E-state index >= 15 is 0 Å². The van der Waals surface area contributed by atoms with Crippen molar-refractivity contribution in [3.05, 3.63) is 87.9 Å². The van der Waals surface area contributed by atoms with E-state index in [0.717, 1.165) is 51.8 Å². The van der Waals surface area contributed by atoms with Crippen molar-refractivity contribution in [3.8, 4) is 11.3 Å². The van der Waals surface area contributed by atoms with Crippen molar-refractivity contribution >= 4 is 17.5 Å². The average molecular weight is 436 g/mol. The van der Waals surface area contributed by atoms with Crippen molar-refractivity contribution in [1.82, 2.24) is 14.7 Å². The monoisotopic (exact) mass is 435 g/mol. The Labute approximate surface area is 185 Å². The molecule has 31 heavy (non-hydrogen) atoms. The van der Waals surface area contributed by atoms with Crippen molar-refractivity contribution in [2.45, 2.75) is 32.9 Å². The van der Waals surface area contributed by atoms with Gasteiger partial charge in [-0.2, -0.15) is 5.10 Å². The topological polar surface area (TPSA) is 64.4 Å². The van der Waals surface area contributed by atoms with Gasteiger partial charge in [-0.3, -0.25) is 9.48 Å². The molecule has 3 aromatic heterocycles. The molecule has 0 aliphatic heterocycles. The third-order valence-electron chi connectivity index (χ3n) is 5.69. The number of hydrogen-bond acceptors (Lipinski definition) is 4. The molecule has 0 radical (unpaired) electrons. The summed E-state index contributed by atoms with van der Waals surface area (Å²) in [5.41, 5.74) is 5.00. The highest BCUT2D eigenvalue weighted by molar-refractivity contribution is 6.30. The molecule has 0 bridgehead atoms. The number of hydrogen-bond donors (Lipinski definition) is 0. The smallest absolute Gasteiger partial charge is 0.290 e. The Morgan fingerprint density at radius 1 is 1.23 bits per heavy atom. The Hall–Kier alpha value is -3.25. The van der Waals surface area contributed by atoms with Crippen LogP contribution in [0.25, 0.3) is 11.3 Å². The van der Waals surface area contributed by atoms with Gasteiger partial charge in [0.1, 0.15) is 11.5 Å². The van der Waals surface area contributed by atoms with Gasteiger partial charge in [-0.05, 0) is 48.7 Å². The molecule has 3 heterocycles. The Kier molecular flexibility index (Phi) is 4.94. The molecule has 4 aromatic rings. The SMILES string of the molecule is Cc1c(C(=O)N(C)Cc2ccco2)oc2c1-c1nn(Cc3ccc(Cl)cc3)cc1CC2. The van der Waals surface area contributed by atoms with Crippen LogP contribution in [-0.2, 0) is 25.9 Å². The zero-order chi connectivity index (χ0) is 21.5. The van der Waals surface area contributed by atoms with Crippen LogP contribution >= 0.6 is 11.6 Å². The number of furan rings is 2. The van der Waals surface area contributed by atoms with E-state index in [9.17, 15) is 4.79 Å². The van der Waals surface area contributed by atoms with Crippen LogP contribution in [0, 0.1) is 6.92 Å². The van der Waals surface area contributed by atoms with Gasteiger partial charge in [-0.15, -0.1) is 0 Å². The predicted molar refractivity (Wildman–Crippen MR) is 117 cm³/mol. The highest BCUT2D eigenvalue weighted by atomic mass is 35.5. The molecule has 0 saturated carbocycles. The van der Waals surface area contributed by atoms with E-state index in [1.54, 1.807) is 18.2 Å². The summed E-state index contributed by atoms with van der Waals surface area (Å²) < 4.78 is 13.4. The van der Waals surface area contributed by atoms with E-state index in [2.05, 4.69) is 6.20 Å². The summed E-state index contributed by atoms with van der Waals surface area (Å²) in [6.07, 6.45) is 5.28. The van der Waals surface area contributed by atoms with E-state index in [1.807, 2.05) is 48.0 Å². The fourth-order valence-corrected chi connectivity index (χ4v) is 4.23. The minimum absolute atomic E-state index is 0.162. The Balaban J connectivity index is 1.43. The van der Waals surface area contributed by atoms with Crippen molar-refractivity contribution < 1.29 is 13.6 Å². The van der Waals surface area contributed by atoms with Crippen molar-refractivity contribution in [2.75, 3.05) is 7.05 Å². The number of amides is 1. The molecule has 0 unspecified atom stereocenters. The molecule has 0 atom stereocenters. The number of nitrogens with zero attached hydrogens (tertiary/aromatic N) is 3. The molecule has 1 aliphatic rings. The Bertz CT molecular complexity index is 1240. The lowest BCUT2D eigenvalue weighted by atomic mass is 9.93. The number of rotatable bonds is 5. The van der Waals surface area contributed by atoms with Gasteiger partial charge in [-0.25, -0.2) is 0 Å². The second-order valence-electron chi connectivity index (χ2n) is 7.92. The first-order valence-electron chi connectivity index (χ1n) is 10.2. The maximum atomic E-state index is 13.0. The van der Waals surface area contributed by atoms with E-state index in [1.165, 1.54) is 5.56 Å². The summed E-state index contributed by atoms with van der Waals surface area (Å²) in [5.74, 6) is 1.77. The third-order valence-corrected chi connectivity index (χ3v) is 5.94. The number of fused-ring (bicyclic) bond motifs is 3. The van der Waals surface area contributed by atoms with Crippen LogP contribution in [0.4, 0.5) is 0 Å². The van der Waals surface area contributed by atoms with Crippen LogP contribution < -0.4 is 0 Å². The van der Waals surface area contributed by atoms with Crippen LogP contribution in [0.3, 0.4) is 0 Å². The maximum Gasteiger partial charge on any atom is 0.290 e. The normalized spacial score (nSPS) is 12.5. The van der Waals surface area contributed by atoms with Crippen LogP contribution in [0.2, 0.25) is 5.02 Å². The molecule has 7 heteroatoms. The van der Waals surface area contributed by atoms with Crippen molar-refractivity contribution in [1.29, 1.82) is 0 Å². The number of benzene rings is 1. The summed E-state index contributed by atoms with van der Waals surface area (Å²) in [6.45, 7) is 2.98. The van der Waals surface area contributed by atoms with Gasteiger partial charge in [0.2, 0.25) is 0 Å². The first kappa shape index (κ1) is 19.7. The number of halogens is 1. The van der Waals surface area contributed by atoms with Gasteiger partial charge in [-0.1, -0.05) is 23.7 Å². The van der Waals surface area contributed by atoms with Crippen molar-refractivity contribution in [3.63, 3.8) is 0 Å². The minimum Gasteiger partial charge on any atom is -0.467 e. The van der Waals surface area contributed by atoms with Gasteiger partial charge < -0.3 is 13.7 Å². The van der Waals surface area contributed by atoms with Gasteiger partial charge in [0.25, 0.3) is 5.91 Å². The van der Waals surface area contributed by atoms with E-state index in [0.29, 0.717) is 18.8 Å². The predicted octanol–water partition coefficient (Wildman–Crippen LogP) is 5.12. The fourth-order valence-electron chi connectivity index (χ4n) is 4.11. The molecule has 6 nitrogen and oxygen atoms in total. The number of carbonyl (C=O) groups is 1. The number of aromatic nitrogens is 2. The highest BCUT2D eigenvalue weighted by Crippen LogP contribution is 2.38. The first-order chi connectivity index (χ1) is 15.0. The summed E-state index contributed by atoms with van der Waals surface area (Å²) >= 11 is 5.99. The molecule has 1 aromatic carbocycles. The lowest BCUT2D eigenvalue weighted by molar-refractivity contribution is 0.0741. The summed E-state index contributed by atoms with van der Waals surface area (Å²) in [7, 11) is 1.75. The standard InChI is InChI=1S/C24H22ClN3O3/c1-15-21-20(31-23(15)24(29)27(2)14-19-4-3-11-30-19)10-7-17-13-28(26-22(17)21)12-16-5-8-18(25)9-6-16/h3-6,8-9,11,13H,7,10,12,14H2,1-2H3. The first-order valence-corrected chi connectivity index (χ1v) is 10.6.